The van der Waals surface area contributed by atoms with Gasteiger partial charge >= 0.3 is 6.03 Å². The highest BCUT2D eigenvalue weighted by Gasteiger charge is 2.16. The van der Waals surface area contributed by atoms with Crippen LogP contribution in [0, 0.1) is 6.92 Å². The normalized spacial score (nSPS) is 9.71. The van der Waals surface area contributed by atoms with Crippen molar-refractivity contribution in [1.29, 1.82) is 0 Å². The van der Waals surface area contributed by atoms with Crippen LogP contribution < -0.4 is 19.7 Å². The first-order chi connectivity index (χ1) is 8.04. The van der Waals surface area contributed by atoms with Crippen molar-refractivity contribution in [1.82, 2.24) is 5.32 Å². The van der Waals surface area contributed by atoms with Crippen LogP contribution in [0.3, 0.4) is 0 Å². The van der Waals surface area contributed by atoms with Crippen LogP contribution in [0.5, 0.6) is 11.5 Å². The van der Waals surface area contributed by atoms with Crippen molar-refractivity contribution < 1.29 is 14.3 Å². The number of amides is 2. The second-order valence-electron chi connectivity index (χ2n) is 3.61. The lowest BCUT2D eigenvalue weighted by Gasteiger charge is -2.21. The smallest absolute Gasteiger partial charge is 0.321 e. The third kappa shape index (κ3) is 2.61. The molecule has 5 heteroatoms. The molecule has 2 amide bonds. The topological polar surface area (TPSA) is 50.8 Å². The van der Waals surface area contributed by atoms with Crippen molar-refractivity contribution >= 4 is 11.7 Å². The molecule has 0 aliphatic carbocycles. The van der Waals surface area contributed by atoms with Gasteiger partial charge in [0.15, 0.2) is 0 Å². The van der Waals surface area contributed by atoms with E-state index < -0.39 is 0 Å². The molecular weight excluding hydrogens is 220 g/mol. The summed E-state index contributed by atoms with van der Waals surface area (Å²) in [4.78, 5) is 13.1. The summed E-state index contributed by atoms with van der Waals surface area (Å²) in [6.07, 6.45) is 0. The Bertz CT molecular complexity index is 418. The molecule has 0 aliphatic rings. The minimum atomic E-state index is -0.214. The van der Waals surface area contributed by atoms with Crippen molar-refractivity contribution in [2.24, 2.45) is 0 Å². The summed E-state index contributed by atoms with van der Waals surface area (Å²) in [5.41, 5.74) is 1.62. The van der Waals surface area contributed by atoms with Gasteiger partial charge in [-0.05, 0) is 18.6 Å². The van der Waals surface area contributed by atoms with E-state index in [2.05, 4.69) is 5.32 Å². The molecule has 0 heterocycles. The van der Waals surface area contributed by atoms with Crippen molar-refractivity contribution in [2.75, 3.05) is 33.2 Å². The molecule has 0 aliphatic heterocycles. The summed E-state index contributed by atoms with van der Waals surface area (Å²) in [5, 5.41) is 2.56. The molecule has 0 fully saturated rings. The summed E-state index contributed by atoms with van der Waals surface area (Å²) in [6.45, 7) is 1.92. The number of rotatable bonds is 3. The van der Waals surface area contributed by atoms with Crippen LogP contribution in [0.1, 0.15) is 5.56 Å². The number of benzene rings is 1. The van der Waals surface area contributed by atoms with Gasteiger partial charge in [0.05, 0.1) is 19.9 Å². The Kier molecular flexibility index (Phi) is 4.20. The van der Waals surface area contributed by atoms with Crippen LogP contribution in [0.15, 0.2) is 12.1 Å². The molecule has 0 spiro atoms. The van der Waals surface area contributed by atoms with Crippen LogP contribution in [0.4, 0.5) is 10.5 Å². The highest BCUT2D eigenvalue weighted by molar-refractivity contribution is 5.93. The lowest BCUT2D eigenvalue weighted by molar-refractivity contribution is 0.249. The maximum Gasteiger partial charge on any atom is 0.321 e. The zero-order chi connectivity index (χ0) is 13.0. The first-order valence-electron chi connectivity index (χ1n) is 5.23. The van der Waals surface area contributed by atoms with Gasteiger partial charge in [0, 0.05) is 20.2 Å². The number of anilines is 1. The quantitative estimate of drug-likeness (QED) is 0.873. The maximum atomic E-state index is 11.6. The number of hydrogen-bond donors (Lipinski definition) is 1. The second kappa shape index (κ2) is 5.43. The Hall–Kier alpha value is -1.91. The minimum absolute atomic E-state index is 0.214. The molecule has 1 N–H and O–H groups in total. The zero-order valence-electron chi connectivity index (χ0n) is 10.8. The van der Waals surface area contributed by atoms with Gasteiger partial charge in [-0.15, -0.1) is 0 Å². The van der Waals surface area contributed by atoms with E-state index in [-0.39, 0.29) is 6.03 Å². The molecule has 1 aromatic carbocycles. The van der Waals surface area contributed by atoms with E-state index in [4.69, 9.17) is 9.47 Å². The van der Waals surface area contributed by atoms with Gasteiger partial charge in [-0.2, -0.15) is 0 Å². The number of hydrogen-bond acceptors (Lipinski definition) is 3. The molecule has 94 valence electrons. The molecule has 0 atom stereocenters. The average Bonchev–Trinajstić information content (AvgIpc) is 2.36. The number of methoxy groups -OCH3 is 2. The Balaban J connectivity index is 3.25. The van der Waals surface area contributed by atoms with Gasteiger partial charge in [-0.1, -0.05) is 0 Å². The maximum absolute atomic E-state index is 11.6. The molecule has 0 unspecified atom stereocenters. The van der Waals surface area contributed by atoms with E-state index in [1.165, 1.54) is 4.90 Å². The fourth-order valence-electron chi connectivity index (χ4n) is 1.57. The van der Waals surface area contributed by atoms with Crippen LogP contribution in [0.25, 0.3) is 0 Å². The van der Waals surface area contributed by atoms with Crippen LogP contribution in [-0.4, -0.2) is 34.3 Å². The minimum Gasteiger partial charge on any atom is -0.496 e. The van der Waals surface area contributed by atoms with E-state index in [1.54, 1.807) is 34.4 Å². The SMILES string of the molecule is CNC(=O)N(C)c1cc(OC)c(C)cc1OC. The van der Waals surface area contributed by atoms with Crippen LogP contribution in [0.2, 0.25) is 0 Å². The van der Waals surface area contributed by atoms with Crippen molar-refractivity contribution in [3.8, 4) is 11.5 Å². The third-order valence-corrected chi connectivity index (χ3v) is 2.58. The molecule has 5 nitrogen and oxygen atoms in total. The van der Waals surface area contributed by atoms with Crippen LogP contribution >= 0.6 is 0 Å². The van der Waals surface area contributed by atoms with E-state index in [1.807, 2.05) is 13.0 Å². The Morgan fingerprint density at radius 1 is 1.24 bits per heavy atom. The average molecular weight is 238 g/mol. The van der Waals surface area contributed by atoms with Gasteiger partial charge in [0.1, 0.15) is 11.5 Å². The Morgan fingerprint density at radius 3 is 2.29 bits per heavy atom. The molecule has 17 heavy (non-hydrogen) atoms. The number of nitrogens with one attached hydrogen (secondary N) is 1. The standard InChI is InChI=1S/C12H18N2O3/c1-8-6-11(17-5)9(7-10(8)16-4)14(3)12(15)13-2/h6-7H,1-5H3,(H,13,15). The summed E-state index contributed by atoms with van der Waals surface area (Å²) >= 11 is 0. The molecular formula is C12H18N2O3. The monoisotopic (exact) mass is 238 g/mol. The second-order valence-corrected chi connectivity index (χ2v) is 3.61. The number of ether oxygens (including phenoxy) is 2. The zero-order valence-corrected chi connectivity index (χ0v) is 10.8. The highest BCUT2D eigenvalue weighted by atomic mass is 16.5. The van der Waals surface area contributed by atoms with Gasteiger partial charge in [0.2, 0.25) is 0 Å². The van der Waals surface area contributed by atoms with Gasteiger partial charge in [-0.25, -0.2) is 4.79 Å². The fraction of sp³-hybridized carbons (Fsp3) is 0.417. The number of nitrogens with zero attached hydrogens (tertiary/aromatic N) is 1. The largest absolute Gasteiger partial charge is 0.496 e. The molecule has 0 aromatic heterocycles. The lowest BCUT2D eigenvalue weighted by atomic mass is 10.1. The first kappa shape index (κ1) is 13.2. The molecule has 1 rings (SSSR count). The first-order valence-corrected chi connectivity index (χ1v) is 5.23. The third-order valence-electron chi connectivity index (χ3n) is 2.58. The summed E-state index contributed by atoms with van der Waals surface area (Å²) in [5.74, 6) is 1.35. The van der Waals surface area contributed by atoms with Crippen molar-refractivity contribution in [3.63, 3.8) is 0 Å². The number of carbonyl (C=O) groups is 1. The van der Waals surface area contributed by atoms with E-state index >= 15 is 0 Å². The number of carbonyl (C=O) groups excluding carboxylic acids is 1. The van der Waals surface area contributed by atoms with Crippen LogP contribution in [-0.2, 0) is 0 Å². The summed E-state index contributed by atoms with van der Waals surface area (Å²) < 4.78 is 10.5. The van der Waals surface area contributed by atoms with Crippen molar-refractivity contribution in [3.05, 3.63) is 17.7 Å². The predicted molar refractivity (Wildman–Crippen MR) is 67.1 cm³/mol. The van der Waals surface area contributed by atoms with Crippen molar-refractivity contribution in [2.45, 2.75) is 6.92 Å². The predicted octanol–water partition coefficient (Wildman–Crippen LogP) is 1.79. The number of urea groups is 1. The molecule has 0 bridgehead atoms. The molecule has 0 saturated carbocycles. The fourth-order valence-corrected chi connectivity index (χ4v) is 1.57. The van der Waals surface area contributed by atoms with E-state index in [0.29, 0.717) is 11.4 Å². The van der Waals surface area contributed by atoms with Gasteiger partial charge < -0.3 is 14.8 Å². The summed E-state index contributed by atoms with van der Waals surface area (Å²) in [7, 11) is 6.42. The Morgan fingerprint density at radius 2 is 1.82 bits per heavy atom. The molecule has 0 saturated heterocycles. The lowest BCUT2D eigenvalue weighted by Crippen LogP contribution is -2.35. The van der Waals surface area contributed by atoms with E-state index in [0.717, 1.165) is 11.3 Å². The van der Waals surface area contributed by atoms with E-state index in [9.17, 15) is 4.79 Å². The Labute approximate surface area is 101 Å². The molecule has 1 aromatic rings. The number of aryl methyl sites for hydroxylation is 1. The van der Waals surface area contributed by atoms with Gasteiger partial charge in [-0.3, -0.25) is 4.90 Å². The van der Waals surface area contributed by atoms with Gasteiger partial charge in [0.25, 0.3) is 0 Å². The highest BCUT2D eigenvalue weighted by Crippen LogP contribution is 2.34. The summed E-state index contributed by atoms with van der Waals surface area (Å²) in [6, 6.07) is 3.41. The molecule has 0 radical (unpaired) electrons.